The Bertz CT molecular complexity index is 1230. The van der Waals surface area contributed by atoms with Crippen LogP contribution in [0.15, 0.2) is 42.6 Å². The summed E-state index contributed by atoms with van der Waals surface area (Å²) >= 11 is 0. The molecule has 2 N–H and O–H groups in total. The second kappa shape index (κ2) is 7.44. The number of likely N-dealkylation sites (tertiary alicyclic amines) is 1. The maximum Gasteiger partial charge on any atom is 0.322 e. The van der Waals surface area contributed by atoms with Gasteiger partial charge in [0.25, 0.3) is 11.8 Å². The van der Waals surface area contributed by atoms with Crippen LogP contribution in [0.3, 0.4) is 0 Å². The Labute approximate surface area is 184 Å². The molecule has 1 spiro atoms. The average Bonchev–Trinajstić information content (AvgIpc) is 3.34. The monoisotopic (exact) mass is 432 g/mol. The molecule has 1 aromatic carbocycles. The number of carbonyl (C=O) groups is 3. The van der Waals surface area contributed by atoms with Gasteiger partial charge >= 0.3 is 6.03 Å². The van der Waals surface area contributed by atoms with E-state index in [0.29, 0.717) is 48.2 Å². The van der Waals surface area contributed by atoms with Gasteiger partial charge in [0.15, 0.2) is 5.65 Å². The molecule has 0 radical (unpaired) electrons. The second-order valence-corrected chi connectivity index (χ2v) is 8.62. The Hall–Kier alpha value is -3.75. The van der Waals surface area contributed by atoms with Gasteiger partial charge in [-0.15, -0.1) is 0 Å². The standard InChI is InChI=1S/C23H24N6O3/c1-14(2)29-19-17(13-24-29)16(12-18(25-19)15-6-4-3-5-7-15)20(30)28-10-8-23(9-11-28)21(31)26-22(32)27-23/h3-7,12-14H,8-11H2,1-2H3,(H2,26,27,31,32). The van der Waals surface area contributed by atoms with E-state index >= 15 is 0 Å². The van der Waals surface area contributed by atoms with Crippen molar-refractivity contribution in [2.45, 2.75) is 38.3 Å². The first-order chi connectivity index (χ1) is 15.4. The van der Waals surface area contributed by atoms with Gasteiger partial charge in [-0.2, -0.15) is 5.10 Å². The molecular weight excluding hydrogens is 408 g/mol. The van der Waals surface area contributed by atoms with Gasteiger partial charge in [-0.05, 0) is 32.8 Å². The zero-order chi connectivity index (χ0) is 22.5. The van der Waals surface area contributed by atoms with Gasteiger partial charge in [-0.25, -0.2) is 14.5 Å². The van der Waals surface area contributed by atoms with Crippen LogP contribution in [0, 0.1) is 0 Å². The molecule has 0 atom stereocenters. The van der Waals surface area contributed by atoms with E-state index in [9.17, 15) is 14.4 Å². The summed E-state index contributed by atoms with van der Waals surface area (Å²) in [6, 6.07) is 11.2. The summed E-state index contributed by atoms with van der Waals surface area (Å²) in [5, 5.41) is 10.2. The molecule has 9 heteroatoms. The van der Waals surface area contributed by atoms with Crippen LogP contribution in [0.4, 0.5) is 4.79 Å². The third kappa shape index (κ3) is 3.21. The largest absolute Gasteiger partial charge is 0.338 e. The van der Waals surface area contributed by atoms with Gasteiger partial charge in [0.05, 0.1) is 22.8 Å². The van der Waals surface area contributed by atoms with E-state index in [1.54, 1.807) is 11.1 Å². The van der Waals surface area contributed by atoms with Crippen molar-refractivity contribution >= 4 is 28.9 Å². The lowest BCUT2D eigenvalue weighted by Crippen LogP contribution is -2.55. The minimum atomic E-state index is -0.918. The van der Waals surface area contributed by atoms with Gasteiger partial charge in [0.2, 0.25) is 0 Å². The van der Waals surface area contributed by atoms with Crippen molar-refractivity contribution in [3.05, 3.63) is 48.2 Å². The van der Waals surface area contributed by atoms with Gasteiger partial charge in [-0.1, -0.05) is 30.3 Å². The SMILES string of the molecule is CC(C)n1ncc2c(C(=O)N3CCC4(CC3)NC(=O)NC4=O)cc(-c3ccccc3)nc21. The molecular formula is C23H24N6O3. The molecule has 2 saturated heterocycles. The van der Waals surface area contributed by atoms with E-state index in [1.165, 1.54) is 0 Å². The molecule has 0 saturated carbocycles. The van der Waals surface area contributed by atoms with Crippen LogP contribution in [0.5, 0.6) is 0 Å². The summed E-state index contributed by atoms with van der Waals surface area (Å²) in [6.45, 7) is 4.79. The minimum Gasteiger partial charge on any atom is -0.338 e. The Kier molecular flexibility index (Phi) is 4.69. The molecule has 2 aliphatic heterocycles. The van der Waals surface area contributed by atoms with Gasteiger partial charge in [0, 0.05) is 24.7 Å². The summed E-state index contributed by atoms with van der Waals surface area (Å²) in [6.07, 6.45) is 2.45. The lowest BCUT2D eigenvalue weighted by atomic mass is 9.87. The molecule has 2 aromatic heterocycles. The third-order valence-corrected chi connectivity index (χ3v) is 6.27. The molecule has 0 bridgehead atoms. The van der Waals surface area contributed by atoms with Crippen molar-refractivity contribution in [3.63, 3.8) is 0 Å². The first-order valence-corrected chi connectivity index (χ1v) is 10.7. The zero-order valence-corrected chi connectivity index (χ0v) is 18.0. The number of hydrogen-bond donors (Lipinski definition) is 2. The number of hydrogen-bond acceptors (Lipinski definition) is 5. The highest BCUT2D eigenvalue weighted by molar-refractivity contribution is 6.08. The topological polar surface area (TPSA) is 109 Å². The van der Waals surface area contributed by atoms with Crippen LogP contribution < -0.4 is 10.6 Å². The highest BCUT2D eigenvalue weighted by Gasteiger charge is 2.48. The number of nitrogens with one attached hydrogen (secondary N) is 2. The molecule has 0 aliphatic carbocycles. The van der Waals surface area contributed by atoms with Crippen molar-refractivity contribution in [1.82, 2.24) is 30.3 Å². The Balaban J connectivity index is 1.51. The minimum absolute atomic E-state index is 0.0910. The normalized spacial score (nSPS) is 17.8. The van der Waals surface area contributed by atoms with Crippen molar-refractivity contribution < 1.29 is 14.4 Å². The summed E-state index contributed by atoms with van der Waals surface area (Å²) in [5.41, 5.74) is 1.92. The van der Waals surface area contributed by atoms with Crippen LogP contribution in [-0.4, -0.2) is 56.1 Å². The molecule has 9 nitrogen and oxygen atoms in total. The fraction of sp³-hybridized carbons (Fsp3) is 0.348. The van der Waals surface area contributed by atoms with Gasteiger partial charge < -0.3 is 10.2 Å². The Morgan fingerprint density at radius 1 is 1.12 bits per heavy atom. The Morgan fingerprint density at radius 2 is 1.84 bits per heavy atom. The number of fused-ring (bicyclic) bond motifs is 1. The zero-order valence-electron chi connectivity index (χ0n) is 18.0. The molecule has 164 valence electrons. The van der Waals surface area contributed by atoms with Gasteiger partial charge in [-0.3, -0.25) is 14.9 Å². The summed E-state index contributed by atoms with van der Waals surface area (Å²) < 4.78 is 1.82. The molecule has 4 amide bonds. The molecule has 0 unspecified atom stereocenters. The predicted molar refractivity (Wildman–Crippen MR) is 118 cm³/mol. The average molecular weight is 432 g/mol. The molecule has 32 heavy (non-hydrogen) atoms. The fourth-order valence-electron chi connectivity index (χ4n) is 4.47. The van der Waals surface area contributed by atoms with Gasteiger partial charge in [0.1, 0.15) is 5.54 Å². The number of amides is 4. The first-order valence-electron chi connectivity index (χ1n) is 10.7. The number of benzene rings is 1. The van der Waals surface area contributed by atoms with E-state index in [4.69, 9.17) is 4.98 Å². The van der Waals surface area contributed by atoms with E-state index < -0.39 is 11.6 Å². The van der Waals surface area contributed by atoms with E-state index in [1.807, 2.05) is 54.9 Å². The fourth-order valence-corrected chi connectivity index (χ4v) is 4.47. The number of imide groups is 1. The summed E-state index contributed by atoms with van der Waals surface area (Å²) in [4.78, 5) is 44.0. The Morgan fingerprint density at radius 3 is 2.47 bits per heavy atom. The first kappa shape index (κ1) is 20.2. The van der Waals surface area contributed by atoms with Crippen molar-refractivity contribution in [1.29, 1.82) is 0 Å². The summed E-state index contributed by atoms with van der Waals surface area (Å²) in [7, 11) is 0. The van der Waals surface area contributed by atoms with E-state index in [0.717, 1.165) is 5.56 Å². The predicted octanol–water partition coefficient (Wildman–Crippen LogP) is 2.49. The maximum absolute atomic E-state index is 13.6. The van der Waals surface area contributed by atoms with Crippen molar-refractivity contribution in [2.24, 2.45) is 0 Å². The highest BCUT2D eigenvalue weighted by Crippen LogP contribution is 2.30. The lowest BCUT2D eigenvalue weighted by molar-refractivity contribution is -0.125. The highest BCUT2D eigenvalue weighted by atomic mass is 16.2. The molecule has 3 aromatic rings. The smallest absolute Gasteiger partial charge is 0.322 e. The van der Waals surface area contributed by atoms with Crippen LogP contribution in [0.2, 0.25) is 0 Å². The third-order valence-electron chi connectivity index (χ3n) is 6.27. The molecule has 4 heterocycles. The van der Waals surface area contributed by atoms with Crippen molar-refractivity contribution in [3.8, 4) is 11.3 Å². The van der Waals surface area contributed by atoms with E-state index in [-0.39, 0.29) is 17.9 Å². The number of rotatable bonds is 3. The summed E-state index contributed by atoms with van der Waals surface area (Å²) in [5.74, 6) is -0.442. The van der Waals surface area contributed by atoms with Crippen molar-refractivity contribution in [2.75, 3.05) is 13.1 Å². The van der Waals surface area contributed by atoms with E-state index in [2.05, 4.69) is 15.7 Å². The molecule has 5 rings (SSSR count). The lowest BCUT2D eigenvalue weighted by Gasteiger charge is -2.37. The number of nitrogens with zero attached hydrogens (tertiary/aromatic N) is 4. The number of urea groups is 1. The second-order valence-electron chi connectivity index (χ2n) is 8.62. The van der Waals surface area contributed by atoms with Crippen LogP contribution in [-0.2, 0) is 4.79 Å². The number of carbonyl (C=O) groups excluding carboxylic acids is 3. The molecule has 2 aliphatic rings. The van der Waals surface area contributed by atoms with Crippen LogP contribution in [0.25, 0.3) is 22.3 Å². The number of piperidine rings is 1. The molecule has 2 fully saturated rings. The maximum atomic E-state index is 13.6. The quantitative estimate of drug-likeness (QED) is 0.618. The van der Waals surface area contributed by atoms with Crippen LogP contribution in [0.1, 0.15) is 43.1 Å². The number of pyridine rings is 1. The van der Waals surface area contributed by atoms with Crippen LogP contribution >= 0.6 is 0 Å². The number of aromatic nitrogens is 3.